The van der Waals surface area contributed by atoms with Crippen LogP contribution in [-0.2, 0) is 0 Å². The predicted octanol–water partition coefficient (Wildman–Crippen LogP) is 2.80. The molecule has 0 amide bonds. The van der Waals surface area contributed by atoms with Gasteiger partial charge in [-0.2, -0.15) is 0 Å². The molecule has 0 aliphatic carbocycles. The van der Waals surface area contributed by atoms with E-state index < -0.39 is 0 Å². The Morgan fingerprint density at radius 3 is 2.36 bits per heavy atom. The van der Waals surface area contributed by atoms with E-state index in [-0.39, 0.29) is 0 Å². The van der Waals surface area contributed by atoms with Gasteiger partial charge in [0.15, 0.2) is 0 Å². The van der Waals surface area contributed by atoms with Crippen molar-refractivity contribution in [2.24, 2.45) is 0 Å². The average Bonchev–Trinajstić information content (AvgIpc) is 2.23. The van der Waals surface area contributed by atoms with Gasteiger partial charge in [0.1, 0.15) is 7.85 Å². The first kappa shape index (κ1) is 9.35. The van der Waals surface area contributed by atoms with Gasteiger partial charge in [-0.3, -0.25) is 0 Å². The molecule has 0 N–H and O–H groups in total. The molecule has 0 aliphatic heterocycles. The molecule has 0 bridgehead atoms. The molecular formula is C12H8BCl. The number of rotatable bonds is 1. The first-order valence-electron chi connectivity index (χ1n) is 4.38. The summed E-state index contributed by atoms with van der Waals surface area (Å²) in [5.41, 5.74) is 2.83. The molecule has 2 heteroatoms. The van der Waals surface area contributed by atoms with E-state index >= 15 is 0 Å². The molecular weight excluding hydrogens is 190 g/mol. The Morgan fingerprint density at radius 1 is 0.929 bits per heavy atom. The van der Waals surface area contributed by atoms with Gasteiger partial charge in [-0.15, -0.1) is 0 Å². The van der Waals surface area contributed by atoms with Crippen molar-refractivity contribution < 1.29 is 0 Å². The third-order valence-corrected chi connectivity index (χ3v) is 2.34. The Kier molecular flexibility index (Phi) is 2.60. The van der Waals surface area contributed by atoms with Gasteiger partial charge < -0.3 is 0 Å². The largest absolute Gasteiger partial charge is 0.114 e. The molecule has 0 spiro atoms. The number of hydrogen-bond acceptors (Lipinski definition) is 0. The van der Waals surface area contributed by atoms with Crippen LogP contribution in [0.5, 0.6) is 0 Å². The van der Waals surface area contributed by atoms with Crippen LogP contribution in [0.2, 0.25) is 5.02 Å². The van der Waals surface area contributed by atoms with E-state index in [2.05, 4.69) is 0 Å². The second-order valence-corrected chi connectivity index (χ2v) is 3.53. The predicted molar refractivity (Wildman–Crippen MR) is 62.3 cm³/mol. The van der Waals surface area contributed by atoms with E-state index in [1.807, 2.05) is 42.5 Å². The summed E-state index contributed by atoms with van der Waals surface area (Å²) in [5, 5.41) is 0.707. The summed E-state index contributed by atoms with van der Waals surface area (Å²) in [6.45, 7) is 0. The minimum atomic E-state index is 0.707. The fourth-order valence-corrected chi connectivity index (χ4v) is 1.57. The smallest absolute Gasteiger partial charge is 0.0889 e. The second kappa shape index (κ2) is 3.89. The molecule has 0 saturated heterocycles. The quantitative estimate of drug-likeness (QED) is 0.618. The Morgan fingerprint density at radius 2 is 1.64 bits per heavy atom. The van der Waals surface area contributed by atoms with Crippen molar-refractivity contribution in [2.75, 3.05) is 0 Å². The Balaban J connectivity index is 2.57. The summed E-state index contributed by atoms with van der Waals surface area (Å²) in [4.78, 5) is 0. The summed E-state index contributed by atoms with van der Waals surface area (Å²) in [6.07, 6.45) is 0. The van der Waals surface area contributed by atoms with Gasteiger partial charge in [-0.1, -0.05) is 53.5 Å². The highest BCUT2D eigenvalue weighted by molar-refractivity contribution is 6.37. The normalized spacial score (nSPS) is 10.1. The van der Waals surface area contributed by atoms with Crippen LogP contribution in [0.4, 0.5) is 0 Å². The van der Waals surface area contributed by atoms with Crippen LogP contribution >= 0.6 is 11.6 Å². The van der Waals surface area contributed by atoms with Gasteiger partial charge in [0.2, 0.25) is 0 Å². The highest BCUT2D eigenvalue weighted by atomic mass is 35.5. The standard InChI is InChI=1S/C12H8BCl/c13-12-7-6-10(14)8-11(12)9-4-2-1-3-5-9/h1-8H. The monoisotopic (exact) mass is 198 g/mol. The van der Waals surface area contributed by atoms with E-state index in [0.29, 0.717) is 5.02 Å². The lowest BCUT2D eigenvalue weighted by Gasteiger charge is -2.06. The molecule has 0 fully saturated rings. The molecule has 0 saturated carbocycles. The maximum absolute atomic E-state index is 5.91. The molecule has 0 aliphatic rings. The Labute approximate surface area is 89.9 Å². The van der Waals surface area contributed by atoms with Crippen molar-refractivity contribution in [3.05, 3.63) is 53.6 Å². The third kappa shape index (κ3) is 1.83. The third-order valence-electron chi connectivity index (χ3n) is 2.10. The molecule has 2 aromatic rings. The number of halogens is 1. The molecule has 2 radical (unpaired) electrons. The summed E-state index contributed by atoms with van der Waals surface area (Å²) < 4.78 is 0. The minimum absolute atomic E-state index is 0.707. The van der Waals surface area contributed by atoms with Gasteiger partial charge in [0, 0.05) is 5.02 Å². The van der Waals surface area contributed by atoms with Crippen molar-refractivity contribution in [2.45, 2.75) is 0 Å². The van der Waals surface area contributed by atoms with Crippen LogP contribution in [0, 0.1) is 0 Å². The van der Waals surface area contributed by atoms with Crippen LogP contribution in [0.15, 0.2) is 48.5 Å². The summed E-state index contributed by atoms with van der Waals surface area (Å²) >= 11 is 5.91. The zero-order chi connectivity index (χ0) is 9.97. The van der Waals surface area contributed by atoms with E-state index in [0.717, 1.165) is 16.6 Å². The van der Waals surface area contributed by atoms with Gasteiger partial charge in [-0.05, 0) is 23.3 Å². The Hall–Kier alpha value is -1.21. The fourth-order valence-electron chi connectivity index (χ4n) is 1.40. The second-order valence-electron chi connectivity index (χ2n) is 3.10. The van der Waals surface area contributed by atoms with Crippen molar-refractivity contribution >= 4 is 24.9 Å². The molecule has 14 heavy (non-hydrogen) atoms. The molecule has 2 rings (SSSR count). The van der Waals surface area contributed by atoms with E-state index in [1.54, 1.807) is 6.07 Å². The van der Waals surface area contributed by atoms with Crippen LogP contribution < -0.4 is 5.46 Å². The average molecular weight is 198 g/mol. The van der Waals surface area contributed by atoms with Crippen molar-refractivity contribution in [1.82, 2.24) is 0 Å². The fraction of sp³-hybridized carbons (Fsp3) is 0. The molecule has 66 valence electrons. The highest BCUT2D eigenvalue weighted by Crippen LogP contribution is 2.19. The maximum atomic E-state index is 5.91. The lowest BCUT2D eigenvalue weighted by atomic mass is 9.87. The Bertz CT molecular complexity index is 437. The van der Waals surface area contributed by atoms with Crippen molar-refractivity contribution in [1.29, 1.82) is 0 Å². The first-order chi connectivity index (χ1) is 6.77. The van der Waals surface area contributed by atoms with Crippen LogP contribution in [0.25, 0.3) is 11.1 Å². The van der Waals surface area contributed by atoms with E-state index in [9.17, 15) is 0 Å². The van der Waals surface area contributed by atoms with Crippen molar-refractivity contribution in [3.63, 3.8) is 0 Å². The summed E-state index contributed by atoms with van der Waals surface area (Å²) in [7, 11) is 5.86. The van der Waals surface area contributed by atoms with Gasteiger partial charge >= 0.3 is 0 Å². The van der Waals surface area contributed by atoms with Crippen LogP contribution in [-0.4, -0.2) is 7.85 Å². The topological polar surface area (TPSA) is 0 Å². The minimum Gasteiger partial charge on any atom is -0.0889 e. The van der Waals surface area contributed by atoms with Crippen LogP contribution in [0.3, 0.4) is 0 Å². The molecule has 0 aromatic heterocycles. The number of hydrogen-bond donors (Lipinski definition) is 0. The lowest BCUT2D eigenvalue weighted by Crippen LogP contribution is -2.05. The SMILES string of the molecule is [B]c1ccc(Cl)cc1-c1ccccc1. The summed E-state index contributed by atoms with van der Waals surface area (Å²) in [6, 6.07) is 15.5. The number of benzene rings is 2. The molecule has 2 aromatic carbocycles. The van der Waals surface area contributed by atoms with E-state index in [1.165, 1.54) is 0 Å². The zero-order valence-corrected chi connectivity index (χ0v) is 8.33. The van der Waals surface area contributed by atoms with Gasteiger partial charge in [0.25, 0.3) is 0 Å². The van der Waals surface area contributed by atoms with E-state index in [4.69, 9.17) is 19.4 Å². The molecule has 0 heterocycles. The lowest BCUT2D eigenvalue weighted by molar-refractivity contribution is 1.65. The molecule has 0 nitrogen and oxygen atoms in total. The zero-order valence-electron chi connectivity index (χ0n) is 7.57. The highest BCUT2D eigenvalue weighted by Gasteiger charge is 2.00. The summed E-state index contributed by atoms with van der Waals surface area (Å²) in [5.74, 6) is 0. The van der Waals surface area contributed by atoms with Crippen LogP contribution in [0.1, 0.15) is 0 Å². The van der Waals surface area contributed by atoms with Crippen molar-refractivity contribution in [3.8, 4) is 11.1 Å². The molecule has 0 atom stereocenters. The first-order valence-corrected chi connectivity index (χ1v) is 4.75. The van der Waals surface area contributed by atoms with Gasteiger partial charge in [0.05, 0.1) is 0 Å². The molecule has 0 unspecified atom stereocenters. The maximum Gasteiger partial charge on any atom is 0.114 e. The van der Waals surface area contributed by atoms with Gasteiger partial charge in [-0.25, -0.2) is 0 Å².